The Bertz CT molecular complexity index is 563. The molecule has 0 bridgehead atoms. The summed E-state index contributed by atoms with van der Waals surface area (Å²) >= 11 is 1.15. The minimum absolute atomic E-state index is 0.272. The fraction of sp³-hybridized carbons (Fsp3) is 0.154. The van der Waals surface area contributed by atoms with Crippen molar-refractivity contribution in [3.8, 4) is 11.5 Å². The molecule has 1 heterocycles. The maximum atomic E-state index is 10.8. The largest absolute Gasteiger partial charge is 0.477 e. The number of hydrogen-bond acceptors (Lipinski definition) is 4. The summed E-state index contributed by atoms with van der Waals surface area (Å²) < 4.78 is 5.62. The van der Waals surface area contributed by atoms with Crippen LogP contribution in [0.15, 0.2) is 35.7 Å². The maximum Gasteiger partial charge on any atom is 0.346 e. The van der Waals surface area contributed by atoms with Crippen LogP contribution in [-0.4, -0.2) is 25.2 Å². The van der Waals surface area contributed by atoms with Crippen molar-refractivity contribution in [2.24, 2.45) is 0 Å². The molecular weight excluding hydrogens is 250 g/mol. The molecular formula is C13H13NO3S. The van der Waals surface area contributed by atoms with Gasteiger partial charge in [0.1, 0.15) is 16.4 Å². The molecule has 0 aliphatic heterocycles. The van der Waals surface area contributed by atoms with Crippen LogP contribution < -0.4 is 9.64 Å². The molecule has 0 spiro atoms. The van der Waals surface area contributed by atoms with Crippen molar-refractivity contribution in [1.29, 1.82) is 0 Å². The Hall–Kier alpha value is -2.01. The Morgan fingerprint density at radius 1 is 1.28 bits per heavy atom. The zero-order chi connectivity index (χ0) is 13.1. The molecule has 1 aromatic heterocycles. The summed E-state index contributed by atoms with van der Waals surface area (Å²) in [6.45, 7) is 0. The lowest BCUT2D eigenvalue weighted by Crippen LogP contribution is -2.08. The van der Waals surface area contributed by atoms with Gasteiger partial charge in [0.25, 0.3) is 0 Å². The Morgan fingerprint density at radius 2 is 2.06 bits per heavy atom. The summed E-state index contributed by atoms with van der Waals surface area (Å²) in [4.78, 5) is 13.0. The molecule has 4 nitrogen and oxygen atoms in total. The van der Waals surface area contributed by atoms with Gasteiger partial charge in [-0.3, -0.25) is 0 Å². The third-order valence-corrected chi connectivity index (χ3v) is 3.25. The van der Waals surface area contributed by atoms with E-state index in [0.717, 1.165) is 17.0 Å². The van der Waals surface area contributed by atoms with E-state index in [2.05, 4.69) is 0 Å². The summed E-state index contributed by atoms with van der Waals surface area (Å²) in [7, 11) is 3.90. The van der Waals surface area contributed by atoms with Crippen molar-refractivity contribution in [2.45, 2.75) is 0 Å². The zero-order valence-electron chi connectivity index (χ0n) is 10.1. The summed E-state index contributed by atoms with van der Waals surface area (Å²) in [5.74, 6) is 0.307. The second kappa shape index (κ2) is 5.10. The van der Waals surface area contributed by atoms with Gasteiger partial charge in [-0.15, -0.1) is 11.3 Å². The van der Waals surface area contributed by atoms with E-state index in [9.17, 15) is 4.79 Å². The number of carboxylic acids is 1. The Morgan fingerprint density at radius 3 is 2.67 bits per heavy atom. The van der Waals surface area contributed by atoms with Crippen molar-refractivity contribution in [3.63, 3.8) is 0 Å². The predicted octanol–water partition coefficient (Wildman–Crippen LogP) is 3.30. The van der Waals surface area contributed by atoms with E-state index in [1.165, 1.54) is 6.07 Å². The van der Waals surface area contributed by atoms with Crippen molar-refractivity contribution in [2.75, 3.05) is 19.0 Å². The van der Waals surface area contributed by atoms with E-state index >= 15 is 0 Å². The number of carbonyl (C=O) groups is 1. The van der Waals surface area contributed by atoms with Crippen LogP contribution in [0.25, 0.3) is 0 Å². The van der Waals surface area contributed by atoms with Gasteiger partial charge < -0.3 is 14.7 Å². The number of rotatable bonds is 4. The first kappa shape index (κ1) is 12.4. The Balaban J connectivity index is 2.17. The van der Waals surface area contributed by atoms with Gasteiger partial charge in [-0.25, -0.2) is 4.79 Å². The zero-order valence-corrected chi connectivity index (χ0v) is 10.9. The van der Waals surface area contributed by atoms with Gasteiger partial charge in [0.2, 0.25) is 0 Å². The molecule has 0 fully saturated rings. The normalized spacial score (nSPS) is 10.1. The SMILES string of the molecule is CN(C)c1cccc(Oc2csc(C(=O)O)c2)c1. The van der Waals surface area contributed by atoms with E-state index in [4.69, 9.17) is 9.84 Å². The van der Waals surface area contributed by atoms with Gasteiger partial charge in [-0.05, 0) is 12.1 Å². The number of nitrogens with zero attached hydrogens (tertiary/aromatic N) is 1. The molecule has 1 N–H and O–H groups in total. The Labute approximate surface area is 109 Å². The van der Waals surface area contributed by atoms with Gasteiger partial charge in [0.15, 0.2) is 0 Å². The number of carboxylic acid groups (broad SMARTS) is 1. The quantitative estimate of drug-likeness (QED) is 0.919. The van der Waals surface area contributed by atoms with Gasteiger partial charge in [-0.1, -0.05) is 6.07 Å². The minimum atomic E-state index is -0.933. The second-order valence-corrected chi connectivity index (χ2v) is 4.86. The number of thiophene rings is 1. The number of ether oxygens (including phenoxy) is 1. The van der Waals surface area contributed by atoms with Crippen LogP contribution in [0, 0.1) is 0 Å². The highest BCUT2D eigenvalue weighted by Crippen LogP contribution is 2.28. The molecule has 0 saturated heterocycles. The summed E-state index contributed by atoms with van der Waals surface area (Å²) in [5, 5.41) is 10.5. The van der Waals surface area contributed by atoms with Gasteiger partial charge >= 0.3 is 5.97 Å². The monoisotopic (exact) mass is 263 g/mol. The molecule has 0 atom stereocenters. The topological polar surface area (TPSA) is 49.8 Å². The minimum Gasteiger partial charge on any atom is -0.477 e. The molecule has 18 heavy (non-hydrogen) atoms. The molecule has 0 aliphatic rings. The smallest absolute Gasteiger partial charge is 0.346 e. The van der Waals surface area contributed by atoms with Crippen LogP contribution in [0.1, 0.15) is 9.67 Å². The van der Waals surface area contributed by atoms with Crippen LogP contribution in [-0.2, 0) is 0 Å². The molecule has 94 valence electrons. The van der Waals surface area contributed by atoms with Crippen LogP contribution in [0.5, 0.6) is 11.5 Å². The lowest BCUT2D eigenvalue weighted by Gasteiger charge is -2.13. The van der Waals surface area contributed by atoms with Crippen molar-refractivity contribution in [3.05, 3.63) is 40.6 Å². The van der Waals surface area contributed by atoms with Crippen LogP contribution in [0.3, 0.4) is 0 Å². The highest BCUT2D eigenvalue weighted by atomic mass is 32.1. The number of anilines is 1. The summed E-state index contributed by atoms with van der Waals surface area (Å²) in [6, 6.07) is 9.14. The highest BCUT2D eigenvalue weighted by molar-refractivity contribution is 7.12. The molecule has 0 unspecified atom stereocenters. The third kappa shape index (κ3) is 2.81. The van der Waals surface area contributed by atoms with Crippen molar-refractivity contribution < 1.29 is 14.6 Å². The lowest BCUT2D eigenvalue weighted by molar-refractivity contribution is 0.0702. The van der Waals surface area contributed by atoms with Crippen LogP contribution in [0.4, 0.5) is 5.69 Å². The van der Waals surface area contributed by atoms with Gasteiger partial charge in [-0.2, -0.15) is 0 Å². The molecule has 2 rings (SSSR count). The lowest BCUT2D eigenvalue weighted by atomic mass is 10.3. The second-order valence-electron chi connectivity index (χ2n) is 3.95. The number of hydrogen-bond donors (Lipinski definition) is 1. The molecule has 1 aromatic carbocycles. The number of benzene rings is 1. The van der Waals surface area contributed by atoms with E-state index in [0.29, 0.717) is 11.5 Å². The summed E-state index contributed by atoms with van der Waals surface area (Å²) in [5.41, 5.74) is 1.03. The van der Waals surface area contributed by atoms with E-state index in [-0.39, 0.29) is 4.88 Å². The fourth-order valence-corrected chi connectivity index (χ4v) is 2.09. The van der Waals surface area contributed by atoms with E-state index < -0.39 is 5.97 Å². The first-order valence-corrected chi connectivity index (χ1v) is 6.21. The number of aromatic carboxylic acids is 1. The molecule has 0 aliphatic carbocycles. The average Bonchev–Trinajstić information content (AvgIpc) is 2.78. The van der Waals surface area contributed by atoms with E-state index in [1.807, 2.05) is 43.3 Å². The van der Waals surface area contributed by atoms with Gasteiger partial charge in [0, 0.05) is 37.3 Å². The average molecular weight is 263 g/mol. The van der Waals surface area contributed by atoms with E-state index in [1.54, 1.807) is 5.38 Å². The molecule has 0 radical (unpaired) electrons. The van der Waals surface area contributed by atoms with Crippen LogP contribution in [0.2, 0.25) is 0 Å². The Kier molecular flexibility index (Phi) is 3.53. The maximum absolute atomic E-state index is 10.8. The molecule has 2 aromatic rings. The first-order chi connectivity index (χ1) is 8.56. The predicted molar refractivity (Wildman–Crippen MR) is 72.1 cm³/mol. The molecule has 5 heteroatoms. The molecule has 0 amide bonds. The third-order valence-electron chi connectivity index (χ3n) is 2.36. The van der Waals surface area contributed by atoms with Gasteiger partial charge in [0.05, 0.1) is 0 Å². The standard InChI is InChI=1S/C13H13NO3S/c1-14(2)9-4-3-5-10(6-9)17-11-7-12(13(15)16)18-8-11/h3-8H,1-2H3,(H,15,16). The van der Waals surface area contributed by atoms with Crippen molar-refractivity contribution >= 4 is 23.0 Å². The molecule has 0 saturated carbocycles. The highest BCUT2D eigenvalue weighted by Gasteiger charge is 2.08. The van der Waals surface area contributed by atoms with Crippen LogP contribution >= 0.6 is 11.3 Å². The fourth-order valence-electron chi connectivity index (χ4n) is 1.45. The first-order valence-electron chi connectivity index (χ1n) is 5.33. The summed E-state index contributed by atoms with van der Waals surface area (Å²) in [6.07, 6.45) is 0. The van der Waals surface area contributed by atoms with Crippen molar-refractivity contribution in [1.82, 2.24) is 0 Å².